The highest BCUT2D eigenvalue weighted by Gasteiger charge is 2.14. The quantitative estimate of drug-likeness (QED) is 0.945. The Bertz CT molecular complexity index is 721. The number of anilines is 1. The molecule has 1 aromatic heterocycles. The van der Waals surface area contributed by atoms with E-state index in [0.29, 0.717) is 5.69 Å². The maximum Gasteiger partial charge on any atom is 0.260 e. The molecule has 0 fully saturated rings. The second-order valence-corrected chi connectivity index (χ2v) is 6.22. The van der Waals surface area contributed by atoms with Crippen LogP contribution in [0.1, 0.15) is 10.4 Å². The Kier molecular flexibility index (Phi) is 3.64. The van der Waals surface area contributed by atoms with Crippen molar-refractivity contribution in [3.63, 3.8) is 0 Å². The summed E-state index contributed by atoms with van der Waals surface area (Å²) in [4.78, 5) is 12.0. The van der Waals surface area contributed by atoms with Crippen LogP contribution in [-0.2, 0) is 9.84 Å². The number of rotatable bonds is 3. The van der Waals surface area contributed by atoms with E-state index in [2.05, 4.69) is 5.32 Å². The van der Waals surface area contributed by atoms with Crippen LogP contribution in [0.15, 0.2) is 45.9 Å². The minimum atomic E-state index is -3.32. The number of carbonyl (C=O) groups is 1. The highest BCUT2D eigenvalue weighted by atomic mass is 35.5. The van der Waals surface area contributed by atoms with Crippen molar-refractivity contribution < 1.29 is 17.6 Å². The van der Waals surface area contributed by atoms with Crippen LogP contribution in [0.4, 0.5) is 5.69 Å². The monoisotopic (exact) mass is 299 g/mol. The number of sulfone groups is 1. The number of hydrogen-bond donors (Lipinski definition) is 1. The van der Waals surface area contributed by atoms with E-state index < -0.39 is 15.7 Å². The number of nitrogens with one attached hydrogen (secondary N) is 1. The van der Waals surface area contributed by atoms with E-state index in [1.165, 1.54) is 24.5 Å². The van der Waals surface area contributed by atoms with Crippen LogP contribution in [0.25, 0.3) is 0 Å². The van der Waals surface area contributed by atoms with Gasteiger partial charge in [0, 0.05) is 11.9 Å². The summed E-state index contributed by atoms with van der Waals surface area (Å²) >= 11 is 5.68. The van der Waals surface area contributed by atoms with Gasteiger partial charge in [-0.25, -0.2) is 8.42 Å². The first-order valence-electron chi connectivity index (χ1n) is 5.22. The van der Waals surface area contributed by atoms with Gasteiger partial charge in [-0.15, -0.1) is 0 Å². The highest BCUT2D eigenvalue weighted by Crippen LogP contribution is 2.20. The summed E-state index contributed by atoms with van der Waals surface area (Å²) in [7, 11) is -3.32. The molecule has 7 heteroatoms. The molecule has 0 saturated carbocycles. The second-order valence-electron chi connectivity index (χ2n) is 3.86. The number of furan rings is 1. The summed E-state index contributed by atoms with van der Waals surface area (Å²) in [5, 5.41) is 2.53. The van der Waals surface area contributed by atoms with Crippen molar-refractivity contribution in [1.29, 1.82) is 0 Å². The normalized spacial score (nSPS) is 11.3. The molecule has 0 spiro atoms. The number of carbonyl (C=O) groups excluding carboxylic acids is 1. The van der Waals surface area contributed by atoms with E-state index in [1.807, 2.05) is 0 Å². The van der Waals surface area contributed by atoms with Gasteiger partial charge in [0.15, 0.2) is 9.84 Å². The summed E-state index contributed by atoms with van der Waals surface area (Å²) in [6.45, 7) is 0. The molecule has 0 aliphatic heterocycles. The third-order valence-electron chi connectivity index (χ3n) is 2.38. The van der Waals surface area contributed by atoms with E-state index in [9.17, 15) is 13.2 Å². The predicted molar refractivity (Wildman–Crippen MR) is 71.2 cm³/mol. The molecule has 2 rings (SSSR count). The number of benzene rings is 1. The average molecular weight is 300 g/mol. The molecule has 0 atom stereocenters. The van der Waals surface area contributed by atoms with Gasteiger partial charge in [0.1, 0.15) is 0 Å². The van der Waals surface area contributed by atoms with E-state index >= 15 is 0 Å². The lowest BCUT2D eigenvalue weighted by molar-refractivity contribution is 0.102. The fourth-order valence-electron chi connectivity index (χ4n) is 1.46. The zero-order chi connectivity index (χ0) is 14.0. The van der Waals surface area contributed by atoms with Crippen molar-refractivity contribution in [2.45, 2.75) is 4.90 Å². The van der Waals surface area contributed by atoms with Gasteiger partial charge in [0.05, 0.1) is 16.7 Å². The number of amides is 1. The maximum absolute atomic E-state index is 11.9. The minimum absolute atomic E-state index is 0.0169. The van der Waals surface area contributed by atoms with Crippen LogP contribution >= 0.6 is 11.6 Å². The molecule has 2 aromatic rings. The van der Waals surface area contributed by atoms with Crippen LogP contribution in [0.5, 0.6) is 0 Å². The molecule has 0 saturated heterocycles. The van der Waals surface area contributed by atoms with Gasteiger partial charge >= 0.3 is 0 Å². The largest absolute Gasteiger partial charge is 0.452 e. The smallest absolute Gasteiger partial charge is 0.260 e. The van der Waals surface area contributed by atoms with Crippen LogP contribution < -0.4 is 5.32 Å². The van der Waals surface area contributed by atoms with Crippen LogP contribution in [-0.4, -0.2) is 20.6 Å². The van der Waals surface area contributed by atoms with Gasteiger partial charge in [0.25, 0.3) is 5.91 Å². The Morgan fingerprint density at radius 2 is 2.05 bits per heavy atom. The van der Waals surface area contributed by atoms with E-state index in [-0.39, 0.29) is 15.7 Å². The zero-order valence-corrected chi connectivity index (χ0v) is 11.5. The molecule has 1 N–H and O–H groups in total. The third-order valence-corrected chi connectivity index (χ3v) is 3.79. The summed E-state index contributed by atoms with van der Waals surface area (Å²) in [6, 6.07) is 7.39. The molecule has 100 valence electrons. The van der Waals surface area contributed by atoms with Gasteiger partial charge in [-0.2, -0.15) is 0 Å². The van der Waals surface area contributed by atoms with Crippen LogP contribution in [0, 0.1) is 0 Å². The first-order chi connectivity index (χ1) is 8.88. The molecule has 0 aliphatic rings. The molecule has 0 aliphatic carbocycles. The van der Waals surface area contributed by atoms with Crippen molar-refractivity contribution in [2.75, 3.05) is 11.6 Å². The summed E-state index contributed by atoms with van der Waals surface area (Å²) in [5.41, 5.74) is 0.552. The van der Waals surface area contributed by atoms with Crippen molar-refractivity contribution in [1.82, 2.24) is 0 Å². The summed E-state index contributed by atoms with van der Waals surface area (Å²) < 4.78 is 27.6. The molecule has 1 amide bonds. The highest BCUT2D eigenvalue weighted by molar-refractivity contribution is 7.90. The molecule has 5 nitrogen and oxygen atoms in total. The van der Waals surface area contributed by atoms with E-state index in [0.717, 1.165) is 6.26 Å². The van der Waals surface area contributed by atoms with Crippen molar-refractivity contribution >= 4 is 33.0 Å². The Labute approximate surface area is 115 Å². The number of hydrogen-bond acceptors (Lipinski definition) is 4. The van der Waals surface area contributed by atoms with Gasteiger partial charge in [-0.05, 0) is 35.9 Å². The van der Waals surface area contributed by atoms with Crippen LogP contribution in [0.2, 0.25) is 5.22 Å². The third kappa shape index (κ3) is 3.15. The second kappa shape index (κ2) is 5.07. The Morgan fingerprint density at radius 1 is 1.32 bits per heavy atom. The fraction of sp³-hybridized carbons (Fsp3) is 0.0833. The summed E-state index contributed by atoms with van der Waals surface area (Å²) in [5.74, 6) is -0.468. The average Bonchev–Trinajstić information content (AvgIpc) is 2.75. The minimum Gasteiger partial charge on any atom is -0.452 e. The van der Waals surface area contributed by atoms with E-state index in [1.54, 1.807) is 12.1 Å². The Morgan fingerprint density at radius 3 is 2.63 bits per heavy atom. The molecule has 1 aromatic carbocycles. The molecule has 0 bridgehead atoms. The molecular weight excluding hydrogens is 290 g/mol. The maximum atomic E-state index is 11.9. The van der Waals surface area contributed by atoms with Gasteiger partial charge < -0.3 is 9.73 Å². The van der Waals surface area contributed by atoms with Crippen molar-refractivity contribution in [3.05, 3.63) is 47.4 Å². The predicted octanol–water partition coefficient (Wildman–Crippen LogP) is 2.59. The molecule has 0 unspecified atom stereocenters. The molecule has 1 heterocycles. The zero-order valence-electron chi connectivity index (χ0n) is 9.88. The lowest BCUT2D eigenvalue weighted by atomic mass is 10.3. The topological polar surface area (TPSA) is 76.4 Å². The Hall–Kier alpha value is -1.79. The Balaban J connectivity index is 2.25. The first kappa shape index (κ1) is 13.6. The molecule has 19 heavy (non-hydrogen) atoms. The lowest BCUT2D eigenvalue weighted by Gasteiger charge is -2.05. The lowest BCUT2D eigenvalue weighted by Crippen LogP contribution is -2.11. The van der Waals surface area contributed by atoms with Crippen molar-refractivity contribution in [3.8, 4) is 0 Å². The van der Waals surface area contributed by atoms with Crippen LogP contribution in [0.3, 0.4) is 0 Å². The summed E-state index contributed by atoms with van der Waals surface area (Å²) in [6.07, 6.45) is 2.39. The SMILES string of the molecule is CS(=O)(=O)c1cccc(NC(=O)c2ccoc2Cl)c1. The first-order valence-corrected chi connectivity index (χ1v) is 7.49. The van der Waals surface area contributed by atoms with Gasteiger partial charge in [-0.1, -0.05) is 6.07 Å². The molecular formula is C12H10ClNO4S. The molecule has 0 radical (unpaired) electrons. The van der Waals surface area contributed by atoms with Crippen molar-refractivity contribution in [2.24, 2.45) is 0 Å². The van der Waals surface area contributed by atoms with Gasteiger partial charge in [0.2, 0.25) is 5.22 Å². The van der Waals surface area contributed by atoms with E-state index in [4.69, 9.17) is 16.0 Å². The van der Waals surface area contributed by atoms with Gasteiger partial charge in [-0.3, -0.25) is 4.79 Å². The number of halogens is 1. The fourth-order valence-corrected chi connectivity index (χ4v) is 2.33. The standard InChI is InChI=1S/C12H10ClNO4S/c1-19(16,17)9-4-2-3-8(7-9)14-12(15)10-5-6-18-11(10)13/h2-7H,1H3,(H,14,15).